The highest BCUT2D eigenvalue weighted by Crippen LogP contribution is 2.21. The molecule has 1 fully saturated rings. The van der Waals surface area contributed by atoms with Gasteiger partial charge >= 0.3 is 0 Å². The van der Waals surface area contributed by atoms with Crippen LogP contribution in [0.25, 0.3) is 0 Å². The molecule has 1 aliphatic heterocycles. The molecule has 0 spiro atoms. The van der Waals surface area contributed by atoms with Crippen molar-refractivity contribution < 1.29 is 9.53 Å². The Morgan fingerprint density at radius 3 is 2.45 bits per heavy atom. The molecule has 1 heterocycles. The monoisotopic (exact) mass is 415 g/mol. The summed E-state index contributed by atoms with van der Waals surface area (Å²) < 4.78 is 5.84. The number of hydrogen-bond acceptors (Lipinski definition) is 4. The van der Waals surface area contributed by atoms with Gasteiger partial charge in [0.1, 0.15) is 5.75 Å². The minimum absolute atomic E-state index is 0.120. The number of benzene rings is 2. The summed E-state index contributed by atoms with van der Waals surface area (Å²) >= 11 is 5.90. The molecule has 156 valence electrons. The molecule has 1 aliphatic rings. The van der Waals surface area contributed by atoms with Crippen LogP contribution in [0, 0.1) is 6.92 Å². The van der Waals surface area contributed by atoms with Gasteiger partial charge in [-0.25, -0.2) is 0 Å². The van der Waals surface area contributed by atoms with Crippen molar-refractivity contribution in [2.75, 3.05) is 44.2 Å². The number of ether oxygens (including phenoxy) is 1. The van der Waals surface area contributed by atoms with Gasteiger partial charge in [0, 0.05) is 50.0 Å². The molecule has 0 bridgehead atoms. The average molecular weight is 416 g/mol. The number of nitrogens with zero attached hydrogens (tertiary/aromatic N) is 2. The number of aryl methyl sites for hydroxylation is 1. The first-order chi connectivity index (χ1) is 13.8. The lowest BCUT2D eigenvalue weighted by Crippen LogP contribution is -2.51. The topological polar surface area (TPSA) is 44.8 Å². The van der Waals surface area contributed by atoms with Gasteiger partial charge in [0.05, 0.1) is 0 Å². The van der Waals surface area contributed by atoms with Gasteiger partial charge in [-0.15, -0.1) is 0 Å². The number of amides is 1. The van der Waals surface area contributed by atoms with Gasteiger partial charge < -0.3 is 15.0 Å². The Morgan fingerprint density at radius 1 is 1.10 bits per heavy atom. The minimum atomic E-state index is -0.947. The summed E-state index contributed by atoms with van der Waals surface area (Å²) in [7, 11) is 0. The Hall–Kier alpha value is -2.24. The van der Waals surface area contributed by atoms with Crippen LogP contribution in [0.1, 0.15) is 19.4 Å². The molecule has 3 rings (SSSR count). The van der Waals surface area contributed by atoms with Gasteiger partial charge in [0.25, 0.3) is 5.91 Å². The highest BCUT2D eigenvalue weighted by Gasteiger charge is 2.29. The lowest BCUT2D eigenvalue weighted by Gasteiger charge is -2.36. The summed E-state index contributed by atoms with van der Waals surface area (Å²) in [6.07, 6.45) is 0. The third kappa shape index (κ3) is 6.12. The SMILES string of the molecule is Cc1cccc(N2CCN(CCNC(=O)C(C)(C)Oc3ccc(Cl)cc3)CC2)c1. The maximum Gasteiger partial charge on any atom is 0.263 e. The van der Waals surface area contributed by atoms with E-state index in [-0.39, 0.29) is 5.91 Å². The fourth-order valence-electron chi connectivity index (χ4n) is 3.44. The van der Waals surface area contributed by atoms with Gasteiger partial charge in [-0.2, -0.15) is 0 Å². The molecule has 1 amide bonds. The van der Waals surface area contributed by atoms with E-state index in [2.05, 4.69) is 46.3 Å². The molecule has 29 heavy (non-hydrogen) atoms. The lowest BCUT2D eigenvalue weighted by atomic mass is 10.1. The zero-order chi connectivity index (χ0) is 20.9. The first-order valence-electron chi connectivity index (χ1n) is 10.1. The molecule has 1 saturated heterocycles. The number of nitrogens with one attached hydrogen (secondary N) is 1. The van der Waals surface area contributed by atoms with Crippen molar-refractivity contribution in [3.63, 3.8) is 0 Å². The molecular weight excluding hydrogens is 386 g/mol. The molecule has 0 radical (unpaired) electrons. The zero-order valence-electron chi connectivity index (χ0n) is 17.5. The van der Waals surface area contributed by atoms with Gasteiger partial charge in [0.15, 0.2) is 5.60 Å². The summed E-state index contributed by atoms with van der Waals surface area (Å²) in [4.78, 5) is 17.4. The second-order valence-electron chi connectivity index (χ2n) is 7.99. The first kappa shape index (κ1) is 21.5. The molecular formula is C23H30ClN3O2. The molecule has 2 aromatic carbocycles. The zero-order valence-corrected chi connectivity index (χ0v) is 18.2. The van der Waals surface area contributed by atoms with Crippen LogP contribution < -0.4 is 15.0 Å². The van der Waals surface area contributed by atoms with E-state index < -0.39 is 5.60 Å². The number of carbonyl (C=O) groups excluding carboxylic acids is 1. The highest BCUT2D eigenvalue weighted by molar-refractivity contribution is 6.30. The Kier molecular flexibility index (Phi) is 7.04. The number of anilines is 1. The van der Waals surface area contributed by atoms with Crippen molar-refractivity contribution in [1.29, 1.82) is 0 Å². The van der Waals surface area contributed by atoms with Gasteiger partial charge in [-0.3, -0.25) is 9.69 Å². The molecule has 5 nitrogen and oxygen atoms in total. The predicted molar refractivity (Wildman–Crippen MR) is 119 cm³/mol. The van der Waals surface area contributed by atoms with E-state index in [9.17, 15) is 4.79 Å². The Morgan fingerprint density at radius 2 is 1.79 bits per heavy atom. The Balaban J connectivity index is 1.40. The third-order valence-corrected chi connectivity index (χ3v) is 5.44. The standard InChI is InChI=1S/C23H30ClN3O2/c1-18-5-4-6-20(17-18)27-15-13-26(14-16-27)12-11-25-22(28)23(2,3)29-21-9-7-19(24)8-10-21/h4-10,17H,11-16H2,1-3H3,(H,25,28). The lowest BCUT2D eigenvalue weighted by molar-refractivity contribution is -0.134. The Bertz CT molecular complexity index is 815. The van der Waals surface area contributed by atoms with Crippen LogP contribution in [0.2, 0.25) is 5.02 Å². The second kappa shape index (κ2) is 9.51. The van der Waals surface area contributed by atoms with E-state index in [1.165, 1.54) is 11.3 Å². The summed E-state index contributed by atoms with van der Waals surface area (Å²) in [5, 5.41) is 3.65. The van der Waals surface area contributed by atoms with Crippen molar-refractivity contribution in [3.05, 3.63) is 59.1 Å². The van der Waals surface area contributed by atoms with Crippen LogP contribution in [0.4, 0.5) is 5.69 Å². The fourth-order valence-corrected chi connectivity index (χ4v) is 3.56. The number of carbonyl (C=O) groups is 1. The van der Waals surface area contributed by atoms with Crippen LogP contribution >= 0.6 is 11.6 Å². The van der Waals surface area contributed by atoms with Gasteiger partial charge in [-0.05, 0) is 62.7 Å². The van der Waals surface area contributed by atoms with Crippen LogP contribution in [0.15, 0.2) is 48.5 Å². The second-order valence-corrected chi connectivity index (χ2v) is 8.43. The maximum absolute atomic E-state index is 12.6. The molecule has 0 aliphatic carbocycles. The number of piperazine rings is 1. The molecule has 0 aromatic heterocycles. The van der Waals surface area contributed by atoms with Gasteiger partial charge in [-0.1, -0.05) is 23.7 Å². The molecule has 0 saturated carbocycles. The summed E-state index contributed by atoms with van der Waals surface area (Å²) in [6.45, 7) is 11.1. The average Bonchev–Trinajstić information content (AvgIpc) is 2.70. The Labute approximate surface area is 178 Å². The van der Waals surface area contributed by atoms with Crippen LogP contribution in [0.5, 0.6) is 5.75 Å². The maximum atomic E-state index is 12.6. The fraction of sp³-hybridized carbons (Fsp3) is 0.435. The van der Waals surface area contributed by atoms with E-state index in [4.69, 9.17) is 16.3 Å². The van der Waals surface area contributed by atoms with E-state index in [1.54, 1.807) is 38.1 Å². The van der Waals surface area contributed by atoms with Crippen LogP contribution in [-0.2, 0) is 4.79 Å². The smallest absolute Gasteiger partial charge is 0.263 e. The molecule has 1 N–H and O–H groups in total. The highest BCUT2D eigenvalue weighted by atomic mass is 35.5. The number of rotatable bonds is 7. The first-order valence-corrected chi connectivity index (χ1v) is 10.5. The largest absolute Gasteiger partial charge is 0.478 e. The normalized spacial score (nSPS) is 15.2. The predicted octanol–water partition coefficient (Wildman–Crippen LogP) is 3.74. The summed E-state index contributed by atoms with van der Waals surface area (Å²) in [5.41, 5.74) is 1.63. The minimum Gasteiger partial charge on any atom is -0.478 e. The van der Waals surface area contributed by atoms with E-state index in [0.29, 0.717) is 17.3 Å². The van der Waals surface area contributed by atoms with Crippen LogP contribution in [-0.4, -0.2) is 55.7 Å². The number of halogens is 1. The third-order valence-electron chi connectivity index (χ3n) is 5.19. The molecule has 2 aromatic rings. The quantitative estimate of drug-likeness (QED) is 0.748. The molecule has 6 heteroatoms. The van der Waals surface area contributed by atoms with Crippen molar-refractivity contribution in [2.24, 2.45) is 0 Å². The van der Waals surface area contributed by atoms with Crippen molar-refractivity contribution in [2.45, 2.75) is 26.4 Å². The molecule has 0 unspecified atom stereocenters. The van der Waals surface area contributed by atoms with E-state index in [1.807, 2.05) is 0 Å². The van der Waals surface area contributed by atoms with E-state index in [0.717, 1.165) is 32.7 Å². The van der Waals surface area contributed by atoms with Crippen molar-refractivity contribution in [1.82, 2.24) is 10.2 Å². The van der Waals surface area contributed by atoms with Gasteiger partial charge in [0.2, 0.25) is 0 Å². The van der Waals surface area contributed by atoms with Crippen molar-refractivity contribution >= 4 is 23.2 Å². The number of hydrogen-bond donors (Lipinski definition) is 1. The molecule has 0 atom stereocenters. The van der Waals surface area contributed by atoms with Crippen LogP contribution in [0.3, 0.4) is 0 Å². The van der Waals surface area contributed by atoms with E-state index >= 15 is 0 Å². The summed E-state index contributed by atoms with van der Waals surface area (Å²) in [5.74, 6) is 0.507. The summed E-state index contributed by atoms with van der Waals surface area (Å²) in [6, 6.07) is 15.7. The van der Waals surface area contributed by atoms with Crippen molar-refractivity contribution in [3.8, 4) is 5.75 Å².